The first-order valence-electron chi connectivity index (χ1n) is 9.61. The summed E-state index contributed by atoms with van der Waals surface area (Å²) in [6, 6.07) is 13.0. The number of carbonyl (C=O) groups is 2. The second kappa shape index (κ2) is 7.19. The Hall–Kier alpha value is -3.02. The molecule has 0 aromatic heterocycles. The van der Waals surface area contributed by atoms with E-state index in [0.29, 0.717) is 43.2 Å². The first kappa shape index (κ1) is 18.3. The number of hydrogen-bond donors (Lipinski definition) is 2. The Kier molecular flexibility index (Phi) is 4.71. The van der Waals surface area contributed by atoms with E-state index in [1.165, 1.54) is 0 Å². The molecule has 1 aliphatic heterocycles. The van der Waals surface area contributed by atoms with Crippen molar-refractivity contribution in [1.82, 2.24) is 0 Å². The summed E-state index contributed by atoms with van der Waals surface area (Å²) in [5.41, 5.74) is 1.40. The summed E-state index contributed by atoms with van der Waals surface area (Å²) < 4.78 is 11.0. The van der Waals surface area contributed by atoms with Crippen LogP contribution in [0.2, 0.25) is 0 Å². The Morgan fingerprint density at radius 1 is 0.929 bits per heavy atom. The van der Waals surface area contributed by atoms with Crippen LogP contribution >= 0.6 is 0 Å². The van der Waals surface area contributed by atoms with E-state index in [9.17, 15) is 9.59 Å². The summed E-state index contributed by atoms with van der Waals surface area (Å²) in [6.07, 6.45) is 1.08. The first-order chi connectivity index (χ1) is 13.5. The molecule has 0 saturated heterocycles. The highest BCUT2D eigenvalue weighted by atomic mass is 16.6. The number of rotatable bonds is 5. The molecule has 0 spiro atoms. The zero-order chi connectivity index (χ0) is 19.7. The zero-order valence-corrected chi connectivity index (χ0v) is 16.1. The lowest BCUT2D eigenvalue weighted by molar-refractivity contribution is -0.131. The van der Waals surface area contributed by atoms with E-state index in [1.54, 1.807) is 18.2 Å². The molecular weight excluding hydrogens is 356 g/mol. The van der Waals surface area contributed by atoms with Crippen molar-refractivity contribution in [3.63, 3.8) is 0 Å². The number of para-hydroxylation sites is 1. The van der Waals surface area contributed by atoms with Gasteiger partial charge < -0.3 is 20.1 Å². The van der Waals surface area contributed by atoms with E-state index in [0.717, 1.165) is 11.3 Å². The van der Waals surface area contributed by atoms with Gasteiger partial charge in [-0.05, 0) is 42.5 Å². The summed E-state index contributed by atoms with van der Waals surface area (Å²) in [4.78, 5) is 25.8. The predicted molar refractivity (Wildman–Crippen MR) is 107 cm³/mol. The van der Waals surface area contributed by atoms with E-state index < -0.39 is 5.41 Å². The zero-order valence-electron chi connectivity index (χ0n) is 16.1. The van der Waals surface area contributed by atoms with Crippen molar-refractivity contribution in [3.05, 3.63) is 48.0 Å². The highest BCUT2D eigenvalue weighted by Gasteiger charge is 2.56. The van der Waals surface area contributed by atoms with Gasteiger partial charge >= 0.3 is 0 Å². The summed E-state index contributed by atoms with van der Waals surface area (Å²) in [5, 5.41) is 5.83. The Morgan fingerprint density at radius 2 is 1.61 bits per heavy atom. The van der Waals surface area contributed by atoms with Crippen LogP contribution in [0.3, 0.4) is 0 Å². The Labute approximate surface area is 164 Å². The molecular formula is C22H24N2O4. The lowest BCUT2D eigenvalue weighted by Gasteiger charge is -2.20. The Bertz CT molecular complexity index is 919. The van der Waals surface area contributed by atoms with Crippen LogP contribution in [0.1, 0.15) is 38.2 Å². The van der Waals surface area contributed by atoms with Gasteiger partial charge in [0.15, 0.2) is 11.5 Å². The van der Waals surface area contributed by atoms with Crippen LogP contribution in [0.25, 0.3) is 0 Å². The van der Waals surface area contributed by atoms with Crippen molar-refractivity contribution in [2.75, 3.05) is 23.8 Å². The maximum atomic E-state index is 12.9. The van der Waals surface area contributed by atoms with Gasteiger partial charge in [-0.3, -0.25) is 9.59 Å². The fraction of sp³-hybridized carbons (Fsp3) is 0.364. The monoisotopic (exact) mass is 380 g/mol. The fourth-order valence-electron chi connectivity index (χ4n) is 3.41. The quantitative estimate of drug-likeness (QED) is 0.771. The van der Waals surface area contributed by atoms with Gasteiger partial charge in [-0.25, -0.2) is 0 Å². The molecule has 1 heterocycles. The van der Waals surface area contributed by atoms with Crippen molar-refractivity contribution in [3.8, 4) is 11.5 Å². The van der Waals surface area contributed by atoms with Gasteiger partial charge in [0.05, 0.1) is 0 Å². The number of ether oxygens (including phenoxy) is 2. The normalized spacial score (nSPS) is 16.4. The predicted octanol–water partition coefficient (Wildman–Crippen LogP) is 3.94. The standard InChI is InChI=1S/C22H24N2O4/c1-14(2)16-5-3-4-6-17(16)24-21(26)22(9-10-22)20(25)23-15-7-8-18-19(13-15)28-12-11-27-18/h3-8,13-14H,9-12H2,1-2H3,(H,23,25)(H,24,26). The minimum absolute atomic E-state index is 0.254. The third kappa shape index (κ3) is 3.42. The van der Waals surface area contributed by atoms with Crippen molar-refractivity contribution >= 4 is 23.2 Å². The van der Waals surface area contributed by atoms with Crippen LogP contribution < -0.4 is 20.1 Å². The lowest BCUT2D eigenvalue weighted by Crippen LogP contribution is -2.36. The molecule has 2 aromatic carbocycles. The average Bonchev–Trinajstić information content (AvgIpc) is 3.50. The van der Waals surface area contributed by atoms with Crippen molar-refractivity contribution in [1.29, 1.82) is 0 Å². The summed E-state index contributed by atoms with van der Waals surface area (Å²) >= 11 is 0. The maximum absolute atomic E-state index is 12.9. The van der Waals surface area contributed by atoms with E-state index >= 15 is 0 Å². The minimum atomic E-state index is -1.02. The third-order valence-electron chi connectivity index (χ3n) is 5.25. The number of benzene rings is 2. The van der Waals surface area contributed by atoms with Crippen LogP contribution in [0.5, 0.6) is 11.5 Å². The number of hydrogen-bond acceptors (Lipinski definition) is 4. The molecule has 6 nitrogen and oxygen atoms in total. The second-order valence-corrected chi connectivity index (χ2v) is 7.59. The van der Waals surface area contributed by atoms with Gasteiger partial charge in [-0.15, -0.1) is 0 Å². The molecule has 0 unspecified atom stereocenters. The summed E-state index contributed by atoms with van der Waals surface area (Å²) in [7, 11) is 0. The van der Waals surface area contributed by atoms with E-state index in [-0.39, 0.29) is 17.7 Å². The highest BCUT2D eigenvalue weighted by molar-refractivity contribution is 6.17. The molecule has 2 amide bonds. The molecule has 2 aliphatic rings. The van der Waals surface area contributed by atoms with E-state index in [1.807, 2.05) is 24.3 Å². The molecule has 4 rings (SSSR count). The Balaban J connectivity index is 1.48. The molecule has 1 fully saturated rings. The van der Waals surface area contributed by atoms with Crippen LogP contribution in [0.4, 0.5) is 11.4 Å². The van der Waals surface area contributed by atoms with Crippen LogP contribution in [0.15, 0.2) is 42.5 Å². The molecule has 1 saturated carbocycles. The highest BCUT2D eigenvalue weighted by Crippen LogP contribution is 2.48. The second-order valence-electron chi connectivity index (χ2n) is 7.59. The SMILES string of the molecule is CC(C)c1ccccc1NC(=O)C1(C(=O)Nc2ccc3c(c2)OCCO3)CC1. The summed E-state index contributed by atoms with van der Waals surface area (Å²) in [5.74, 6) is 0.996. The molecule has 1 aliphatic carbocycles. The van der Waals surface area contributed by atoms with Gasteiger partial charge in [0.1, 0.15) is 18.6 Å². The molecule has 146 valence electrons. The molecule has 6 heteroatoms. The molecule has 28 heavy (non-hydrogen) atoms. The molecule has 2 N–H and O–H groups in total. The van der Waals surface area contributed by atoms with E-state index in [4.69, 9.17) is 9.47 Å². The lowest BCUT2D eigenvalue weighted by atomic mass is 9.99. The van der Waals surface area contributed by atoms with Crippen molar-refractivity contribution < 1.29 is 19.1 Å². The number of nitrogens with one attached hydrogen (secondary N) is 2. The van der Waals surface area contributed by atoms with E-state index in [2.05, 4.69) is 24.5 Å². The Morgan fingerprint density at radius 3 is 2.32 bits per heavy atom. The number of carbonyl (C=O) groups excluding carboxylic acids is 2. The number of amides is 2. The van der Waals surface area contributed by atoms with Crippen LogP contribution in [0, 0.1) is 5.41 Å². The number of anilines is 2. The van der Waals surface area contributed by atoms with Gasteiger partial charge in [-0.2, -0.15) is 0 Å². The molecule has 2 aromatic rings. The molecule has 0 radical (unpaired) electrons. The molecule has 0 bridgehead atoms. The topological polar surface area (TPSA) is 76.7 Å². The first-order valence-corrected chi connectivity index (χ1v) is 9.61. The maximum Gasteiger partial charge on any atom is 0.240 e. The summed E-state index contributed by atoms with van der Waals surface area (Å²) in [6.45, 7) is 5.14. The van der Waals surface area contributed by atoms with Crippen LogP contribution in [-0.2, 0) is 9.59 Å². The van der Waals surface area contributed by atoms with Gasteiger partial charge in [-0.1, -0.05) is 32.0 Å². The largest absolute Gasteiger partial charge is 0.486 e. The molecule has 0 atom stereocenters. The van der Waals surface area contributed by atoms with Gasteiger partial charge in [0.25, 0.3) is 0 Å². The third-order valence-corrected chi connectivity index (χ3v) is 5.25. The smallest absolute Gasteiger partial charge is 0.240 e. The average molecular weight is 380 g/mol. The van der Waals surface area contributed by atoms with Gasteiger partial charge in [0.2, 0.25) is 11.8 Å². The van der Waals surface area contributed by atoms with Crippen molar-refractivity contribution in [2.45, 2.75) is 32.6 Å². The number of fused-ring (bicyclic) bond motifs is 1. The van der Waals surface area contributed by atoms with Crippen LogP contribution in [-0.4, -0.2) is 25.0 Å². The minimum Gasteiger partial charge on any atom is -0.486 e. The fourth-order valence-corrected chi connectivity index (χ4v) is 3.41. The van der Waals surface area contributed by atoms with Gasteiger partial charge in [0, 0.05) is 17.4 Å². The van der Waals surface area contributed by atoms with Crippen molar-refractivity contribution in [2.24, 2.45) is 5.41 Å².